The third-order valence-corrected chi connectivity index (χ3v) is 4.84. The lowest BCUT2D eigenvalue weighted by Gasteiger charge is -2.25. The molecule has 0 aromatic heterocycles. The molecule has 0 aliphatic carbocycles. The van der Waals surface area contributed by atoms with E-state index in [4.69, 9.17) is 28.4 Å². The maximum Gasteiger partial charge on any atom is 0.348 e. The lowest BCUT2D eigenvalue weighted by Crippen LogP contribution is -2.43. The van der Waals surface area contributed by atoms with Gasteiger partial charge in [-0.05, 0) is 41.5 Å². The van der Waals surface area contributed by atoms with Gasteiger partial charge in [0, 0.05) is 0 Å². The average molecular weight is 562 g/mol. The Morgan fingerprint density at radius 1 is 0.564 bits per heavy atom. The van der Waals surface area contributed by atoms with E-state index >= 15 is 0 Å². The molecule has 0 saturated carbocycles. The van der Waals surface area contributed by atoms with Gasteiger partial charge in [0.25, 0.3) is 0 Å². The van der Waals surface area contributed by atoms with Gasteiger partial charge in [-0.1, -0.05) is 0 Å². The van der Waals surface area contributed by atoms with Crippen LogP contribution in [0.4, 0.5) is 0 Å². The molecule has 0 N–H and O–H groups in total. The van der Waals surface area contributed by atoms with Gasteiger partial charge in [0.2, 0.25) is 6.10 Å². The standard InChI is InChI=1S/C23H30O16/c1-9(17(25)32-7)33-18(26)10(2)34-19(27)11(3)35-20(28)12(4)36-21(29)13(5)37-22(30)14(6)38-23(31)15-8-16(24)39-15/h9-15H,8H2,1-7H3/t9?,10?,11?,12?,13?,14?,15-/m0/s1. The van der Waals surface area contributed by atoms with Gasteiger partial charge >= 0.3 is 47.8 Å². The van der Waals surface area contributed by atoms with Gasteiger partial charge in [-0.15, -0.1) is 0 Å². The summed E-state index contributed by atoms with van der Waals surface area (Å²) >= 11 is 0. The summed E-state index contributed by atoms with van der Waals surface area (Å²) in [5.41, 5.74) is 0. The number of ether oxygens (including phenoxy) is 8. The topological polar surface area (TPSA) is 210 Å². The van der Waals surface area contributed by atoms with E-state index < -0.39 is 90.5 Å². The summed E-state index contributed by atoms with van der Waals surface area (Å²) in [7, 11) is 1.09. The molecule has 7 atom stereocenters. The Bertz CT molecular complexity index is 979. The molecule has 0 aromatic rings. The van der Waals surface area contributed by atoms with Crippen LogP contribution in [0.3, 0.4) is 0 Å². The quantitative estimate of drug-likeness (QED) is 0.196. The number of hydrogen-bond acceptors (Lipinski definition) is 16. The average Bonchev–Trinajstić information content (AvgIpc) is 2.85. The van der Waals surface area contributed by atoms with E-state index in [2.05, 4.69) is 9.47 Å². The molecule has 16 nitrogen and oxygen atoms in total. The fraction of sp³-hybridized carbons (Fsp3) is 0.652. The zero-order valence-electron chi connectivity index (χ0n) is 22.3. The van der Waals surface area contributed by atoms with Crippen LogP contribution in [-0.4, -0.2) is 97.6 Å². The van der Waals surface area contributed by atoms with E-state index in [1.165, 1.54) is 13.8 Å². The van der Waals surface area contributed by atoms with Gasteiger partial charge in [0.15, 0.2) is 36.6 Å². The Kier molecular flexibility index (Phi) is 12.3. The summed E-state index contributed by atoms with van der Waals surface area (Å²) in [4.78, 5) is 94.3. The van der Waals surface area contributed by atoms with Crippen LogP contribution in [0.1, 0.15) is 48.0 Å². The van der Waals surface area contributed by atoms with E-state index in [9.17, 15) is 38.4 Å². The van der Waals surface area contributed by atoms with Crippen LogP contribution in [-0.2, 0) is 76.3 Å². The first-order chi connectivity index (χ1) is 18.1. The van der Waals surface area contributed by atoms with Crippen molar-refractivity contribution < 1.29 is 76.3 Å². The van der Waals surface area contributed by atoms with Crippen molar-refractivity contribution in [2.75, 3.05) is 7.11 Å². The highest BCUT2D eigenvalue weighted by atomic mass is 16.7. The zero-order chi connectivity index (χ0) is 30.0. The van der Waals surface area contributed by atoms with E-state index in [0.29, 0.717) is 0 Å². The van der Waals surface area contributed by atoms with Crippen LogP contribution in [0.25, 0.3) is 0 Å². The van der Waals surface area contributed by atoms with Crippen LogP contribution in [0.5, 0.6) is 0 Å². The SMILES string of the molecule is COC(=O)C(C)OC(=O)C(C)OC(=O)C(C)OC(=O)C(C)OC(=O)C(C)OC(=O)C(C)OC(=O)[C@@H]1CC(=O)O1. The minimum Gasteiger partial charge on any atom is -0.466 e. The van der Waals surface area contributed by atoms with Crippen molar-refractivity contribution in [3.8, 4) is 0 Å². The number of methoxy groups -OCH3 is 1. The van der Waals surface area contributed by atoms with Gasteiger partial charge < -0.3 is 37.9 Å². The molecule has 0 bridgehead atoms. The van der Waals surface area contributed by atoms with Crippen LogP contribution in [0.15, 0.2) is 0 Å². The smallest absolute Gasteiger partial charge is 0.348 e. The van der Waals surface area contributed by atoms with Crippen molar-refractivity contribution in [2.24, 2.45) is 0 Å². The van der Waals surface area contributed by atoms with Gasteiger partial charge in [-0.3, -0.25) is 4.79 Å². The fourth-order valence-corrected chi connectivity index (χ4v) is 2.49. The fourth-order valence-electron chi connectivity index (χ4n) is 2.49. The number of esters is 8. The molecular weight excluding hydrogens is 532 g/mol. The lowest BCUT2D eigenvalue weighted by atomic mass is 10.2. The van der Waals surface area contributed by atoms with E-state index in [1.807, 2.05) is 0 Å². The second-order valence-corrected chi connectivity index (χ2v) is 8.18. The molecule has 0 aromatic carbocycles. The molecule has 1 rings (SSSR count). The zero-order valence-corrected chi connectivity index (χ0v) is 22.3. The van der Waals surface area contributed by atoms with Crippen molar-refractivity contribution in [1.82, 2.24) is 0 Å². The van der Waals surface area contributed by atoms with Crippen molar-refractivity contribution in [2.45, 2.75) is 90.7 Å². The minimum absolute atomic E-state index is 0.185. The Morgan fingerprint density at radius 3 is 1.08 bits per heavy atom. The molecule has 1 saturated heterocycles. The Balaban J connectivity index is 2.48. The summed E-state index contributed by atoms with van der Waals surface area (Å²) in [5, 5.41) is 0. The number of rotatable bonds is 13. The third-order valence-electron chi connectivity index (χ3n) is 4.84. The van der Waals surface area contributed by atoms with Crippen LogP contribution in [0, 0.1) is 0 Å². The second-order valence-electron chi connectivity index (χ2n) is 8.18. The molecule has 1 aliphatic heterocycles. The molecular formula is C23H30O16. The monoisotopic (exact) mass is 562 g/mol. The number of carbonyl (C=O) groups is 8. The number of carbonyl (C=O) groups excluding carboxylic acids is 8. The highest BCUT2D eigenvalue weighted by Crippen LogP contribution is 2.16. The first-order valence-electron chi connectivity index (χ1n) is 11.6. The predicted octanol–water partition coefficient (Wildman–Crippen LogP) is -0.935. The summed E-state index contributed by atoms with van der Waals surface area (Å²) in [5.74, 6) is -8.01. The molecule has 0 spiro atoms. The highest BCUT2D eigenvalue weighted by Gasteiger charge is 2.38. The molecule has 0 amide bonds. The van der Waals surface area contributed by atoms with Gasteiger partial charge in [-0.2, -0.15) is 0 Å². The van der Waals surface area contributed by atoms with Gasteiger partial charge in [0.05, 0.1) is 13.5 Å². The summed E-state index contributed by atoms with van der Waals surface area (Å²) < 4.78 is 37.9. The first-order valence-corrected chi connectivity index (χ1v) is 11.6. The molecule has 218 valence electrons. The van der Waals surface area contributed by atoms with Crippen molar-refractivity contribution in [3.63, 3.8) is 0 Å². The number of cyclic esters (lactones) is 1. The first kappa shape index (κ1) is 32.8. The van der Waals surface area contributed by atoms with Gasteiger partial charge in [0.1, 0.15) is 0 Å². The summed E-state index contributed by atoms with van der Waals surface area (Å²) in [6, 6.07) is 0. The molecule has 39 heavy (non-hydrogen) atoms. The predicted molar refractivity (Wildman–Crippen MR) is 120 cm³/mol. The minimum atomic E-state index is -1.55. The molecule has 16 heteroatoms. The lowest BCUT2D eigenvalue weighted by molar-refractivity contribution is -0.193. The largest absolute Gasteiger partial charge is 0.466 e. The Morgan fingerprint density at radius 2 is 0.821 bits per heavy atom. The van der Waals surface area contributed by atoms with E-state index in [1.54, 1.807) is 0 Å². The van der Waals surface area contributed by atoms with Gasteiger partial charge in [-0.25, -0.2) is 33.6 Å². The Labute approximate surface area is 222 Å². The molecule has 6 unspecified atom stereocenters. The second kappa shape index (κ2) is 14.6. The van der Waals surface area contributed by atoms with Crippen molar-refractivity contribution in [1.29, 1.82) is 0 Å². The van der Waals surface area contributed by atoms with E-state index in [0.717, 1.165) is 34.8 Å². The number of hydrogen-bond donors (Lipinski definition) is 0. The molecule has 1 heterocycles. The summed E-state index contributed by atoms with van der Waals surface area (Å²) in [6.45, 7) is 6.95. The summed E-state index contributed by atoms with van der Waals surface area (Å²) in [6.07, 6.45) is -10.1. The third kappa shape index (κ3) is 10.2. The highest BCUT2D eigenvalue weighted by molar-refractivity contribution is 5.91. The van der Waals surface area contributed by atoms with Crippen LogP contribution >= 0.6 is 0 Å². The maximum atomic E-state index is 12.2. The maximum absolute atomic E-state index is 12.2. The van der Waals surface area contributed by atoms with Crippen LogP contribution in [0.2, 0.25) is 0 Å². The normalized spacial score (nSPS) is 18.6. The molecule has 1 fully saturated rings. The van der Waals surface area contributed by atoms with Crippen molar-refractivity contribution >= 4 is 47.8 Å². The molecule has 1 aliphatic rings. The molecule has 0 radical (unpaired) electrons. The van der Waals surface area contributed by atoms with Crippen molar-refractivity contribution in [3.05, 3.63) is 0 Å². The van der Waals surface area contributed by atoms with E-state index in [-0.39, 0.29) is 6.42 Å². The van der Waals surface area contributed by atoms with Crippen LogP contribution < -0.4 is 0 Å². The Hall–Kier alpha value is -4.24.